The van der Waals surface area contributed by atoms with E-state index in [4.69, 9.17) is 4.42 Å². The molecular formula is C13H14O2. The molecule has 78 valence electrons. The molecule has 2 heteroatoms. The molecule has 0 fully saturated rings. The number of rotatable bonds is 1. The molecule has 1 aromatic carbocycles. The summed E-state index contributed by atoms with van der Waals surface area (Å²) in [7, 11) is 0. The lowest BCUT2D eigenvalue weighted by Crippen LogP contribution is -2.08. The Hall–Kier alpha value is -1.57. The molecule has 0 radical (unpaired) electrons. The zero-order valence-corrected chi connectivity index (χ0v) is 9.26. The molecule has 0 amide bonds. The van der Waals surface area contributed by atoms with E-state index in [0.717, 1.165) is 22.1 Å². The maximum atomic E-state index is 12.0. The number of hydrogen-bond donors (Lipinski definition) is 0. The molecule has 15 heavy (non-hydrogen) atoms. The van der Waals surface area contributed by atoms with E-state index in [0.29, 0.717) is 12.0 Å². The molecule has 1 aromatic heterocycles. The van der Waals surface area contributed by atoms with Gasteiger partial charge in [-0.25, -0.2) is 0 Å². The first-order valence-electron chi connectivity index (χ1n) is 5.15. The summed E-state index contributed by atoms with van der Waals surface area (Å²) in [4.78, 5) is 12.0. The first-order valence-corrected chi connectivity index (χ1v) is 5.15. The van der Waals surface area contributed by atoms with E-state index in [1.165, 1.54) is 0 Å². The molecule has 0 aliphatic heterocycles. The van der Waals surface area contributed by atoms with E-state index in [1.54, 1.807) is 6.26 Å². The van der Waals surface area contributed by atoms with Crippen LogP contribution in [0.25, 0.3) is 11.0 Å². The van der Waals surface area contributed by atoms with Crippen LogP contribution < -0.4 is 5.43 Å². The van der Waals surface area contributed by atoms with Crippen molar-refractivity contribution >= 4 is 11.0 Å². The maximum absolute atomic E-state index is 12.0. The lowest BCUT2D eigenvalue weighted by atomic mass is 10.0. The average molecular weight is 202 g/mol. The van der Waals surface area contributed by atoms with Gasteiger partial charge in [-0.3, -0.25) is 4.79 Å². The summed E-state index contributed by atoms with van der Waals surface area (Å²) in [5.74, 6) is 0. The van der Waals surface area contributed by atoms with Gasteiger partial charge in [-0.05, 0) is 37.5 Å². The topological polar surface area (TPSA) is 30.2 Å². The van der Waals surface area contributed by atoms with Crippen LogP contribution in [0.3, 0.4) is 0 Å². The zero-order chi connectivity index (χ0) is 11.0. The third kappa shape index (κ3) is 1.56. The monoisotopic (exact) mass is 202 g/mol. The Bertz CT molecular complexity index is 564. The van der Waals surface area contributed by atoms with Crippen molar-refractivity contribution in [3.05, 3.63) is 45.3 Å². The molecule has 0 aliphatic carbocycles. The molecule has 2 aromatic rings. The molecule has 0 unspecified atom stereocenters. The van der Waals surface area contributed by atoms with Crippen LogP contribution in [0.15, 0.2) is 27.6 Å². The van der Waals surface area contributed by atoms with Crippen molar-refractivity contribution in [2.75, 3.05) is 0 Å². The molecule has 0 bridgehead atoms. The Labute approximate surface area is 88.5 Å². The second kappa shape index (κ2) is 3.54. The highest BCUT2D eigenvalue weighted by molar-refractivity contribution is 5.81. The highest BCUT2D eigenvalue weighted by Crippen LogP contribution is 2.18. The second-order valence-electron chi connectivity index (χ2n) is 3.90. The van der Waals surface area contributed by atoms with E-state index in [1.807, 2.05) is 32.9 Å². The molecule has 0 spiro atoms. The number of fused-ring (bicyclic) bond motifs is 1. The summed E-state index contributed by atoms with van der Waals surface area (Å²) in [6, 6.07) is 3.92. The van der Waals surface area contributed by atoms with Crippen molar-refractivity contribution in [2.45, 2.75) is 27.2 Å². The molecule has 0 saturated carbocycles. The molecular weight excluding hydrogens is 188 g/mol. The summed E-state index contributed by atoms with van der Waals surface area (Å²) in [6.45, 7) is 5.91. The summed E-state index contributed by atoms with van der Waals surface area (Å²) < 4.78 is 5.48. The first kappa shape index (κ1) is 9.97. The van der Waals surface area contributed by atoms with Crippen LogP contribution in [0.2, 0.25) is 0 Å². The normalized spacial score (nSPS) is 10.9. The van der Waals surface area contributed by atoms with Gasteiger partial charge in [0.2, 0.25) is 0 Å². The van der Waals surface area contributed by atoms with Gasteiger partial charge in [-0.1, -0.05) is 13.0 Å². The lowest BCUT2D eigenvalue weighted by Gasteiger charge is -2.04. The Morgan fingerprint density at radius 1 is 1.27 bits per heavy atom. The number of hydrogen-bond acceptors (Lipinski definition) is 2. The minimum absolute atomic E-state index is 0.108. The van der Waals surface area contributed by atoms with E-state index >= 15 is 0 Å². The number of aryl methyl sites for hydroxylation is 3. The summed E-state index contributed by atoms with van der Waals surface area (Å²) in [5, 5.41) is 0.722. The van der Waals surface area contributed by atoms with E-state index in [2.05, 4.69) is 0 Å². The van der Waals surface area contributed by atoms with Crippen molar-refractivity contribution in [1.82, 2.24) is 0 Å². The molecule has 0 N–H and O–H groups in total. The SMILES string of the molecule is CCc1coc2cc(C)cc(C)c2c1=O. The summed E-state index contributed by atoms with van der Waals surface area (Å²) in [6.07, 6.45) is 2.29. The van der Waals surface area contributed by atoms with E-state index in [9.17, 15) is 4.79 Å². The van der Waals surface area contributed by atoms with Crippen LogP contribution in [0, 0.1) is 13.8 Å². The number of benzene rings is 1. The first-order chi connectivity index (χ1) is 7.13. The van der Waals surface area contributed by atoms with Gasteiger partial charge in [0.05, 0.1) is 11.6 Å². The Kier molecular flexibility index (Phi) is 2.35. The second-order valence-corrected chi connectivity index (χ2v) is 3.90. The van der Waals surface area contributed by atoms with Crippen molar-refractivity contribution in [3.63, 3.8) is 0 Å². The summed E-state index contributed by atoms with van der Waals surface area (Å²) in [5.41, 5.74) is 3.65. The molecule has 0 aliphatic rings. The third-order valence-electron chi connectivity index (χ3n) is 2.67. The molecule has 1 heterocycles. The smallest absolute Gasteiger partial charge is 0.196 e. The molecule has 0 atom stereocenters. The predicted molar refractivity (Wildman–Crippen MR) is 61.3 cm³/mol. The van der Waals surface area contributed by atoms with Gasteiger partial charge < -0.3 is 4.42 Å². The van der Waals surface area contributed by atoms with E-state index in [-0.39, 0.29) is 5.43 Å². The fourth-order valence-corrected chi connectivity index (χ4v) is 1.91. The van der Waals surface area contributed by atoms with Gasteiger partial charge in [0, 0.05) is 5.56 Å². The van der Waals surface area contributed by atoms with Crippen LogP contribution in [-0.4, -0.2) is 0 Å². The van der Waals surface area contributed by atoms with Crippen molar-refractivity contribution in [3.8, 4) is 0 Å². The van der Waals surface area contributed by atoms with E-state index < -0.39 is 0 Å². The van der Waals surface area contributed by atoms with Gasteiger partial charge in [-0.2, -0.15) is 0 Å². The molecule has 0 saturated heterocycles. The standard InChI is InChI=1S/C13H14O2/c1-4-10-7-15-11-6-8(2)5-9(3)12(11)13(10)14/h5-7H,4H2,1-3H3. The fourth-order valence-electron chi connectivity index (χ4n) is 1.91. The van der Waals surface area contributed by atoms with Gasteiger partial charge in [0.1, 0.15) is 5.58 Å². The Balaban J connectivity index is 2.93. The van der Waals surface area contributed by atoms with Crippen LogP contribution in [0.1, 0.15) is 23.6 Å². The van der Waals surface area contributed by atoms with Crippen molar-refractivity contribution < 1.29 is 4.42 Å². The third-order valence-corrected chi connectivity index (χ3v) is 2.67. The average Bonchev–Trinajstić information content (AvgIpc) is 2.17. The highest BCUT2D eigenvalue weighted by atomic mass is 16.3. The minimum atomic E-state index is 0.108. The molecule has 2 rings (SSSR count). The van der Waals surface area contributed by atoms with Crippen LogP contribution in [0.4, 0.5) is 0 Å². The summed E-state index contributed by atoms with van der Waals surface area (Å²) >= 11 is 0. The van der Waals surface area contributed by atoms with Gasteiger partial charge in [0.15, 0.2) is 5.43 Å². The maximum Gasteiger partial charge on any atom is 0.196 e. The Morgan fingerprint density at radius 3 is 2.67 bits per heavy atom. The highest BCUT2D eigenvalue weighted by Gasteiger charge is 2.08. The van der Waals surface area contributed by atoms with Crippen molar-refractivity contribution in [1.29, 1.82) is 0 Å². The van der Waals surface area contributed by atoms with Crippen molar-refractivity contribution in [2.24, 2.45) is 0 Å². The van der Waals surface area contributed by atoms with Gasteiger partial charge >= 0.3 is 0 Å². The minimum Gasteiger partial charge on any atom is -0.464 e. The zero-order valence-electron chi connectivity index (χ0n) is 9.26. The van der Waals surface area contributed by atoms with Gasteiger partial charge in [0.25, 0.3) is 0 Å². The van der Waals surface area contributed by atoms with Crippen LogP contribution in [0.5, 0.6) is 0 Å². The quantitative estimate of drug-likeness (QED) is 0.711. The fraction of sp³-hybridized carbons (Fsp3) is 0.308. The largest absolute Gasteiger partial charge is 0.464 e. The van der Waals surface area contributed by atoms with Crippen LogP contribution >= 0.6 is 0 Å². The predicted octanol–water partition coefficient (Wildman–Crippen LogP) is 2.97. The van der Waals surface area contributed by atoms with Crippen LogP contribution in [-0.2, 0) is 6.42 Å². The molecule has 2 nitrogen and oxygen atoms in total. The van der Waals surface area contributed by atoms with Gasteiger partial charge in [-0.15, -0.1) is 0 Å². The lowest BCUT2D eigenvalue weighted by molar-refractivity contribution is 0.593. The Morgan fingerprint density at radius 2 is 2.00 bits per heavy atom.